The van der Waals surface area contributed by atoms with Crippen molar-refractivity contribution in [2.24, 2.45) is 5.92 Å². The Balaban J connectivity index is 1.45. The number of carboxylic acid groups (broad SMARTS) is 1. The molecule has 1 spiro atoms. The van der Waals surface area contributed by atoms with Gasteiger partial charge in [0.2, 0.25) is 0 Å². The summed E-state index contributed by atoms with van der Waals surface area (Å²) in [4.78, 5) is 28.3. The number of nitrogens with zero attached hydrogens (tertiary/aromatic N) is 3. The molecule has 0 unspecified atom stereocenters. The standard InChI is InChI=1S/C27H32F9N3O4/c28-25(29,30)20-3-2-18(19(14-20)15-37-10-4-17(5-11-37)21(40)41)16-39-9-1-6-24(39)7-12-38(13-8-24)23(42)43-22(26(31,32)33)27(34,35)36/h2-3,14,17,22H,1,4-13,15-16H2,(H,40,41). The number of piperidine rings is 2. The molecule has 0 atom stereocenters. The van der Waals surface area contributed by atoms with Gasteiger partial charge in [-0.3, -0.25) is 14.6 Å². The zero-order valence-corrected chi connectivity index (χ0v) is 23.0. The highest BCUT2D eigenvalue weighted by atomic mass is 19.4. The molecule has 242 valence electrons. The van der Waals surface area contributed by atoms with Crippen LogP contribution in [-0.4, -0.2) is 88.6 Å². The summed E-state index contributed by atoms with van der Waals surface area (Å²) in [6, 6.07) is 3.50. The molecule has 16 heteroatoms. The molecule has 0 radical (unpaired) electrons. The Morgan fingerprint density at radius 1 is 0.860 bits per heavy atom. The van der Waals surface area contributed by atoms with Crippen molar-refractivity contribution in [1.82, 2.24) is 14.7 Å². The highest BCUT2D eigenvalue weighted by Gasteiger charge is 2.60. The Morgan fingerprint density at radius 2 is 1.47 bits per heavy atom. The van der Waals surface area contributed by atoms with E-state index in [1.165, 1.54) is 6.07 Å². The molecule has 7 nitrogen and oxygen atoms in total. The quantitative estimate of drug-likeness (QED) is 0.384. The molecule has 3 heterocycles. The average Bonchev–Trinajstić information content (AvgIpc) is 3.28. The Labute approximate surface area is 241 Å². The van der Waals surface area contributed by atoms with Crippen molar-refractivity contribution < 1.29 is 58.9 Å². The molecule has 0 aliphatic carbocycles. The topological polar surface area (TPSA) is 73.3 Å². The fourth-order valence-corrected chi connectivity index (χ4v) is 6.30. The van der Waals surface area contributed by atoms with Gasteiger partial charge in [-0.15, -0.1) is 0 Å². The number of rotatable bonds is 6. The summed E-state index contributed by atoms with van der Waals surface area (Å²) in [6.45, 7) is 1.55. The molecular formula is C27H32F9N3O4. The lowest BCUT2D eigenvalue weighted by molar-refractivity contribution is -0.308. The summed E-state index contributed by atoms with van der Waals surface area (Å²) in [5.74, 6) is -1.41. The summed E-state index contributed by atoms with van der Waals surface area (Å²) in [5.41, 5.74) is -0.276. The van der Waals surface area contributed by atoms with Gasteiger partial charge in [0, 0.05) is 31.7 Å². The molecule has 3 aliphatic rings. The number of alkyl halides is 9. The number of carbonyl (C=O) groups excluding carboxylic acids is 1. The summed E-state index contributed by atoms with van der Waals surface area (Å²) < 4.78 is 122. The van der Waals surface area contributed by atoms with Crippen molar-refractivity contribution in [2.75, 3.05) is 32.7 Å². The van der Waals surface area contributed by atoms with Gasteiger partial charge < -0.3 is 14.7 Å². The van der Waals surface area contributed by atoms with Gasteiger partial charge in [-0.2, -0.15) is 39.5 Å². The lowest BCUT2D eigenvalue weighted by atomic mass is 9.84. The first kappa shape index (κ1) is 33.1. The van der Waals surface area contributed by atoms with Gasteiger partial charge in [0.25, 0.3) is 6.10 Å². The van der Waals surface area contributed by atoms with Gasteiger partial charge in [0.15, 0.2) is 0 Å². The Morgan fingerprint density at radius 3 is 2.00 bits per heavy atom. The Kier molecular flexibility index (Phi) is 9.50. The number of hydrogen-bond donors (Lipinski definition) is 1. The van der Waals surface area contributed by atoms with Gasteiger partial charge in [0.05, 0.1) is 11.5 Å². The van der Waals surface area contributed by atoms with E-state index in [0.29, 0.717) is 56.4 Å². The van der Waals surface area contributed by atoms with Crippen LogP contribution >= 0.6 is 0 Å². The molecule has 3 fully saturated rings. The van der Waals surface area contributed by atoms with Crippen LogP contribution in [0.15, 0.2) is 18.2 Å². The number of ether oxygens (including phenoxy) is 1. The van der Waals surface area contributed by atoms with E-state index in [9.17, 15) is 54.2 Å². The minimum absolute atomic E-state index is 0.143. The largest absolute Gasteiger partial charge is 0.481 e. The van der Waals surface area contributed by atoms with E-state index < -0.39 is 53.7 Å². The zero-order valence-electron chi connectivity index (χ0n) is 23.0. The van der Waals surface area contributed by atoms with Crippen LogP contribution < -0.4 is 0 Å². The molecular weight excluding hydrogens is 601 g/mol. The highest BCUT2D eigenvalue weighted by Crippen LogP contribution is 2.41. The molecule has 0 saturated carbocycles. The fraction of sp³-hybridized carbons (Fsp3) is 0.704. The Hall–Kier alpha value is -2.75. The van der Waals surface area contributed by atoms with Crippen LogP contribution in [-0.2, 0) is 28.8 Å². The number of halogens is 9. The second-order valence-corrected chi connectivity index (χ2v) is 11.5. The van der Waals surface area contributed by atoms with Crippen LogP contribution in [0.1, 0.15) is 55.2 Å². The second kappa shape index (κ2) is 12.3. The predicted octanol–water partition coefficient (Wildman–Crippen LogP) is 6.06. The molecule has 1 aromatic carbocycles. The Bertz CT molecular complexity index is 1140. The maximum absolute atomic E-state index is 13.6. The average molecular weight is 634 g/mol. The molecule has 1 N–H and O–H groups in total. The van der Waals surface area contributed by atoms with Crippen molar-refractivity contribution in [3.63, 3.8) is 0 Å². The predicted molar refractivity (Wildman–Crippen MR) is 133 cm³/mol. The van der Waals surface area contributed by atoms with Gasteiger partial charge in [-0.05, 0) is 81.4 Å². The van der Waals surface area contributed by atoms with E-state index >= 15 is 0 Å². The lowest BCUT2D eigenvalue weighted by Crippen LogP contribution is -2.54. The normalized spacial score (nSPS) is 21.1. The first-order chi connectivity index (χ1) is 19.9. The van der Waals surface area contributed by atoms with Crippen LogP contribution in [0.5, 0.6) is 0 Å². The number of carboxylic acids is 1. The third-order valence-corrected chi connectivity index (χ3v) is 8.73. The van der Waals surface area contributed by atoms with Gasteiger partial charge in [0.1, 0.15) is 0 Å². The van der Waals surface area contributed by atoms with E-state index in [1.54, 1.807) is 0 Å². The first-order valence-electron chi connectivity index (χ1n) is 13.9. The van der Waals surface area contributed by atoms with Crippen LogP contribution in [0.2, 0.25) is 0 Å². The molecule has 0 bridgehead atoms. The van der Waals surface area contributed by atoms with Crippen molar-refractivity contribution in [3.8, 4) is 0 Å². The van der Waals surface area contributed by atoms with Crippen LogP contribution in [0, 0.1) is 5.92 Å². The van der Waals surface area contributed by atoms with Crippen LogP contribution in [0.25, 0.3) is 0 Å². The van der Waals surface area contributed by atoms with E-state index in [4.69, 9.17) is 0 Å². The number of benzene rings is 1. The number of likely N-dealkylation sites (tertiary alicyclic amines) is 3. The van der Waals surface area contributed by atoms with E-state index in [1.807, 2.05) is 4.90 Å². The van der Waals surface area contributed by atoms with E-state index in [-0.39, 0.29) is 39.0 Å². The minimum atomic E-state index is -5.82. The van der Waals surface area contributed by atoms with Crippen molar-refractivity contribution in [3.05, 3.63) is 34.9 Å². The third kappa shape index (κ3) is 7.86. The summed E-state index contributed by atoms with van der Waals surface area (Å²) in [6.07, 6.45) is -19.6. The fourth-order valence-electron chi connectivity index (χ4n) is 6.30. The smallest absolute Gasteiger partial charge is 0.434 e. The maximum Gasteiger partial charge on any atom is 0.434 e. The van der Waals surface area contributed by atoms with Gasteiger partial charge in [-0.25, -0.2) is 4.79 Å². The second-order valence-electron chi connectivity index (χ2n) is 11.5. The third-order valence-electron chi connectivity index (χ3n) is 8.73. The summed E-state index contributed by atoms with van der Waals surface area (Å²) in [5, 5.41) is 9.25. The number of aliphatic carboxylic acids is 1. The molecule has 43 heavy (non-hydrogen) atoms. The molecule has 3 saturated heterocycles. The molecule has 3 aliphatic heterocycles. The number of carbonyl (C=O) groups is 2. The molecule has 1 amide bonds. The number of amides is 1. The molecule has 1 aromatic rings. The molecule has 0 aromatic heterocycles. The van der Waals surface area contributed by atoms with Crippen LogP contribution in [0.3, 0.4) is 0 Å². The van der Waals surface area contributed by atoms with Crippen molar-refractivity contribution in [2.45, 2.75) is 81.8 Å². The van der Waals surface area contributed by atoms with Crippen LogP contribution in [0.4, 0.5) is 44.3 Å². The van der Waals surface area contributed by atoms with Crippen molar-refractivity contribution >= 4 is 12.1 Å². The van der Waals surface area contributed by atoms with Crippen molar-refractivity contribution in [1.29, 1.82) is 0 Å². The minimum Gasteiger partial charge on any atom is -0.481 e. The SMILES string of the molecule is O=C(O)C1CCN(Cc2cc(C(F)(F)F)ccc2CN2CCCC23CCN(C(=O)OC(C(F)(F)F)C(F)(F)F)CC3)CC1. The highest BCUT2D eigenvalue weighted by molar-refractivity contribution is 5.70. The van der Waals surface area contributed by atoms with Gasteiger partial charge in [-0.1, -0.05) is 6.07 Å². The maximum atomic E-state index is 13.6. The molecule has 4 rings (SSSR count). The summed E-state index contributed by atoms with van der Waals surface area (Å²) in [7, 11) is 0. The summed E-state index contributed by atoms with van der Waals surface area (Å²) >= 11 is 0. The monoisotopic (exact) mass is 633 g/mol. The first-order valence-corrected chi connectivity index (χ1v) is 13.9. The number of hydrogen-bond acceptors (Lipinski definition) is 5. The van der Waals surface area contributed by atoms with E-state index in [0.717, 1.165) is 17.0 Å². The zero-order chi connectivity index (χ0) is 31.8. The van der Waals surface area contributed by atoms with Gasteiger partial charge >= 0.3 is 30.6 Å². The van der Waals surface area contributed by atoms with E-state index in [2.05, 4.69) is 9.64 Å². The lowest BCUT2D eigenvalue weighted by Gasteiger charge is -2.45.